The van der Waals surface area contributed by atoms with E-state index in [-0.39, 0.29) is 17.5 Å². The zero-order valence-electron chi connectivity index (χ0n) is 11.2. The lowest BCUT2D eigenvalue weighted by atomic mass is 9.63. The molecule has 0 spiro atoms. The van der Waals surface area contributed by atoms with Gasteiger partial charge in [0, 0.05) is 18.3 Å². The van der Waals surface area contributed by atoms with Crippen molar-refractivity contribution < 1.29 is 14.3 Å². The first kappa shape index (κ1) is 12.6. The van der Waals surface area contributed by atoms with E-state index in [0.29, 0.717) is 25.0 Å². The number of fused-ring (bicyclic) bond motifs is 2. The van der Waals surface area contributed by atoms with Gasteiger partial charge in [0.15, 0.2) is 0 Å². The van der Waals surface area contributed by atoms with E-state index in [1.165, 1.54) is 12.5 Å². The molecule has 1 saturated heterocycles. The van der Waals surface area contributed by atoms with Gasteiger partial charge in [-0.15, -0.1) is 0 Å². The van der Waals surface area contributed by atoms with Gasteiger partial charge < -0.3 is 9.47 Å². The maximum Gasteiger partial charge on any atom is 0.302 e. The van der Waals surface area contributed by atoms with Crippen LogP contribution in [0.1, 0.15) is 34.1 Å². The largest absolute Gasteiger partial charge is 0.465 e. The SMILES string of the molecule is CC(=O)OC[C@]12CO[C@@H](C)[C@H](C1)C(C)=C[C@H]2C. The highest BCUT2D eigenvalue weighted by atomic mass is 16.5. The summed E-state index contributed by atoms with van der Waals surface area (Å²) < 4.78 is 11.1. The number of rotatable bonds is 2. The molecule has 0 aromatic carbocycles. The van der Waals surface area contributed by atoms with Crippen molar-refractivity contribution in [2.24, 2.45) is 17.3 Å². The number of esters is 1. The lowest BCUT2D eigenvalue weighted by Crippen LogP contribution is -2.50. The summed E-state index contributed by atoms with van der Waals surface area (Å²) in [7, 11) is 0. The molecule has 0 aromatic rings. The Morgan fingerprint density at radius 3 is 2.94 bits per heavy atom. The van der Waals surface area contributed by atoms with Crippen LogP contribution >= 0.6 is 0 Å². The fraction of sp³-hybridized carbons (Fsp3) is 0.786. The molecule has 17 heavy (non-hydrogen) atoms. The minimum absolute atomic E-state index is 0.0116. The number of hydrogen-bond acceptors (Lipinski definition) is 3. The average molecular weight is 238 g/mol. The quantitative estimate of drug-likeness (QED) is 0.548. The predicted octanol–water partition coefficient (Wildman–Crippen LogP) is 2.56. The number of hydrogen-bond donors (Lipinski definition) is 0. The maximum absolute atomic E-state index is 11.0. The zero-order chi connectivity index (χ0) is 12.6. The second-order valence-electron chi connectivity index (χ2n) is 5.67. The fourth-order valence-electron chi connectivity index (χ4n) is 3.10. The number of allylic oxidation sites excluding steroid dienone is 1. The van der Waals surface area contributed by atoms with Crippen LogP contribution in [0, 0.1) is 17.3 Å². The van der Waals surface area contributed by atoms with Crippen LogP contribution in [0.15, 0.2) is 11.6 Å². The first-order valence-corrected chi connectivity index (χ1v) is 6.38. The van der Waals surface area contributed by atoms with Crippen molar-refractivity contribution in [1.29, 1.82) is 0 Å². The molecule has 0 aromatic heterocycles. The van der Waals surface area contributed by atoms with E-state index in [9.17, 15) is 4.79 Å². The van der Waals surface area contributed by atoms with Crippen LogP contribution in [0.4, 0.5) is 0 Å². The van der Waals surface area contributed by atoms with Gasteiger partial charge in [-0.3, -0.25) is 4.79 Å². The molecule has 1 aliphatic heterocycles. The highest BCUT2D eigenvalue weighted by molar-refractivity contribution is 5.65. The van der Waals surface area contributed by atoms with Gasteiger partial charge >= 0.3 is 5.97 Å². The molecule has 2 bridgehead atoms. The van der Waals surface area contributed by atoms with Gasteiger partial charge in [0.1, 0.15) is 0 Å². The second-order valence-corrected chi connectivity index (χ2v) is 5.67. The number of carbonyl (C=O) groups is 1. The molecule has 1 aliphatic carbocycles. The Hall–Kier alpha value is -0.830. The Morgan fingerprint density at radius 1 is 1.59 bits per heavy atom. The summed E-state index contributed by atoms with van der Waals surface area (Å²) in [6, 6.07) is 0. The summed E-state index contributed by atoms with van der Waals surface area (Å²) in [6.07, 6.45) is 3.69. The van der Waals surface area contributed by atoms with E-state index in [1.807, 2.05) is 0 Å². The van der Waals surface area contributed by atoms with Gasteiger partial charge in [-0.1, -0.05) is 18.6 Å². The number of ether oxygens (including phenoxy) is 2. The van der Waals surface area contributed by atoms with E-state index in [4.69, 9.17) is 9.47 Å². The maximum atomic E-state index is 11.0. The smallest absolute Gasteiger partial charge is 0.302 e. The lowest BCUT2D eigenvalue weighted by Gasteiger charge is -2.49. The Morgan fingerprint density at radius 2 is 2.29 bits per heavy atom. The first-order chi connectivity index (χ1) is 7.94. The van der Waals surface area contributed by atoms with Crippen molar-refractivity contribution in [2.45, 2.75) is 40.2 Å². The van der Waals surface area contributed by atoms with Crippen LogP contribution < -0.4 is 0 Å². The van der Waals surface area contributed by atoms with Gasteiger partial charge in [0.25, 0.3) is 0 Å². The minimum Gasteiger partial charge on any atom is -0.465 e. The number of carbonyl (C=O) groups excluding carboxylic acids is 1. The molecule has 1 heterocycles. The van der Waals surface area contributed by atoms with E-state index in [0.717, 1.165) is 6.42 Å². The standard InChI is InChI=1S/C14H22O3/c1-9-5-10(2)14(8-17-12(4)15)6-13(9)11(3)16-7-14/h5,10-11,13H,6-8H2,1-4H3/t10-,11+,13-,14-/m1/s1. The predicted molar refractivity (Wildman–Crippen MR) is 65.5 cm³/mol. The van der Waals surface area contributed by atoms with Gasteiger partial charge in [-0.25, -0.2) is 0 Å². The Kier molecular flexibility index (Phi) is 3.30. The third-order valence-electron chi connectivity index (χ3n) is 4.45. The van der Waals surface area contributed by atoms with Crippen molar-refractivity contribution in [3.05, 3.63) is 11.6 Å². The van der Waals surface area contributed by atoms with Crippen LogP contribution in [0.5, 0.6) is 0 Å². The highest BCUT2D eigenvalue weighted by Crippen LogP contribution is 2.48. The molecule has 0 radical (unpaired) electrons. The minimum atomic E-state index is -0.201. The van der Waals surface area contributed by atoms with Gasteiger partial charge in [0.2, 0.25) is 0 Å². The van der Waals surface area contributed by atoms with E-state index in [2.05, 4.69) is 26.8 Å². The Bertz CT molecular complexity index is 347. The summed E-state index contributed by atoms with van der Waals surface area (Å²) in [5.74, 6) is 0.689. The summed E-state index contributed by atoms with van der Waals surface area (Å²) >= 11 is 0. The highest BCUT2D eigenvalue weighted by Gasteiger charge is 2.47. The normalized spacial score (nSPS) is 40.7. The molecule has 96 valence electrons. The lowest BCUT2D eigenvalue weighted by molar-refractivity contribution is -0.159. The monoisotopic (exact) mass is 238 g/mol. The molecule has 3 heteroatoms. The Balaban J connectivity index is 2.19. The van der Waals surface area contributed by atoms with Crippen LogP contribution in [0.25, 0.3) is 0 Å². The van der Waals surface area contributed by atoms with Crippen molar-refractivity contribution in [2.75, 3.05) is 13.2 Å². The van der Waals surface area contributed by atoms with Crippen molar-refractivity contribution >= 4 is 5.97 Å². The van der Waals surface area contributed by atoms with Gasteiger partial charge in [0.05, 0.1) is 19.3 Å². The fourth-order valence-corrected chi connectivity index (χ4v) is 3.10. The van der Waals surface area contributed by atoms with Gasteiger partial charge in [-0.2, -0.15) is 0 Å². The molecule has 3 nitrogen and oxygen atoms in total. The third kappa shape index (κ3) is 2.25. The van der Waals surface area contributed by atoms with Crippen LogP contribution in [-0.2, 0) is 14.3 Å². The van der Waals surface area contributed by atoms with Crippen LogP contribution in [0.2, 0.25) is 0 Å². The topological polar surface area (TPSA) is 35.5 Å². The second kappa shape index (κ2) is 4.45. The van der Waals surface area contributed by atoms with E-state index >= 15 is 0 Å². The summed E-state index contributed by atoms with van der Waals surface area (Å²) in [6.45, 7) is 9.16. The van der Waals surface area contributed by atoms with E-state index < -0.39 is 0 Å². The molecule has 0 unspecified atom stereocenters. The molecule has 0 amide bonds. The molecule has 0 saturated carbocycles. The molecule has 4 atom stereocenters. The third-order valence-corrected chi connectivity index (χ3v) is 4.45. The molecule has 0 N–H and O–H groups in total. The summed E-state index contributed by atoms with van der Waals surface area (Å²) in [4.78, 5) is 11.0. The molecular weight excluding hydrogens is 216 g/mol. The molecule has 1 fully saturated rings. The van der Waals surface area contributed by atoms with Crippen LogP contribution in [0.3, 0.4) is 0 Å². The Labute approximate surface area is 103 Å². The summed E-state index contributed by atoms with van der Waals surface area (Å²) in [5, 5.41) is 0. The molecule has 2 rings (SSSR count). The first-order valence-electron chi connectivity index (χ1n) is 6.38. The summed E-state index contributed by atoms with van der Waals surface area (Å²) in [5.41, 5.74) is 1.41. The molecule has 2 aliphatic rings. The van der Waals surface area contributed by atoms with Crippen molar-refractivity contribution in [1.82, 2.24) is 0 Å². The van der Waals surface area contributed by atoms with E-state index in [1.54, 1.807) is 0 Å². The van der Waals surface area contributed by atoms with Gasteiger partial charge in [-0.05, 0) is 26.2 Å². The van der Waals surface area contributed by atoms with Crippen molar-refractivity contribution in [3.8, 4) is 0 Å². The molecular formula is C14H22O3. The zero-order valence-corrected chi connectivity index (χ0v) is 11.2. The van der Waals surface area contributed by atoms with Crippen molar-refractivity contribution in [3.63, 3.8) is 0 Å². The average Bonchev–Trinajstić information content (AvgIpc) is 2.27. The van der Waals surface area contributed by atoms with Crippen LogP contribution in [-0.4, -0.2) is 25.3 Å².